The van der Waals surface area contributed by atoms with E-state index < -0.39 is 30.7 Å². The van der Waals surface area contributed by atoms with E-state index in [4.69, 9.17) is 0 Å². The highest BCUT2D eigenvalue weighted by Crippen LogP contribution is 2.29. The maximum absolute atomic E-state index is 12.2. The van der Waals surface area contributed by atoms with Crippen molar-refractivity contribution in [3.63, 3.8) is 0 Å². The highest BCUT2D eigenvalue weighted by molar-refractivity contribution is 8.00. The first-order valence-electron chi connectivity index (χ1n) is 3.16. The average molecular weight is 274 g/mol. The van der Waals surface area contributed by atoms with Crippen LogP contribution >= 0.6 is 0 Å². The van der Waals surface area contributed by atoms with Gasteiger partial charge in [-0.3, -0.25) is 0 Å². The third-order valence-corrected chi connectivity index (χ3v) is 4.25. The van der Waals surface area contributed by atoms with Crippen molar-refractivity contribution < 1.29 is 38.0 Å². The van der Waals surface area contributed by atoms with E-state index in [1.165, 1.54) is 0 Å². The summed E-state index contributed by atoms with van der Waals surface area (Å²) in [6.45, 7) is -0.405. The predicted molar refractivity (Wildman–Crippen MR) is 40.2 cm³/mol. The van der Waals surface area contributed by atoms with Gasteiger partial charge in [-0.1, -0.05) is 0 Å². The SMILES string of the molecule is CC(F)(F)S(=O)(=O)OS(=O)(=O)C(C)(F)F. The quantitative estimate of drug-likeness (QED) is 0.711. The highest BCUT2D eigenvalue weighted by Gasteiger charge is 2.51. The summed E-state index contributed by atoms with van der Waals surface area (Å²) < 4.78 is 93.3. The van der Waals surface area contributed by atoms with Gasteiger partial charge in [-0.2, -0.15) is 34.4 Å². The second-order valence-electron chi connectivity index (χ2n) is 2.59. The molecule has 0 saturated heterocycles. The molecule has 0 saturated carbocycles. The molecule has 92 valence electrons. The topological polar surface area (TPSA) is 77.5 Å². The van der Waals surface area contributed by atoms with E-state index in [-0.39, 0.29) is 13.8 Å². The number of hydrogen-bond acceptors (Lipinski definition) is 5. The summed E-state index contributed by atoms with van der Waals surface area (Å²) in [5, 5.41) is -9.18. The fourth-order valence-corrected chi connectivity index (χ4v) is 2.14. The van der Waals surface area contributed by atoms with Crippen LogP contribution in [0.25, 0.3) is 0 Å². The first-order valence-corrected chi connectivity index (χ1v) is 5.98. The van der Waals surface area contributed by atoms with Gasteiger partial charge in [0.05, 0.1) is 0 Å². The van der Waals surface area contributed by atoms with E-state index in [9.17, 15) is 34.4 Å². The lowest BCUT2D eigenvalue weighted by atomic mass is 10.9. The maximum atomic E-state index is 12.2. The van der Waals surface area contributed by atoms with Crippen molar-refractivity contribution in [1.29, 1.82) is 0 Å². The van der Waals surface area contributed by atoms with Crippen molar-refractivity contribution in [3.05, 3.63) is 0 Å². The standard InChI is InChI=1S/C4H6F4O5S2/c1-3(5,6)14(9,10)13-15(11,12)4(2,7)8/h1-2H3. The Balaban J connectivity index is 5.28. The van der Waals surface area contributed by atoms with Crippen LogP contribution in [-0.4, -0.2) is 27.3 Å². The predicted octanol–water partition coefficient (Wildman–Crippen LogP) is 0.888. The van der Waals surface area contributed by atoms with Crippen molar-refractivity contribution in [1.82, 2.24) is 0 Å². The summed E-state index contributed by atoms with van der Waals surface area (Å²) in [4.78, 5) is 0. The highest BCUT2D eigenvalue weighted by atomic mass is 32.3. The molecule has 0 aromatic rings. The van der Waals surface area contributed by atoms with Crippen molar-refractivity contribution in [2.75, 3.05) is 0 Å². The minimum Gasteiger partial charge on any atom is -0.192 e. The Morgan fingerprint density at radius 3 is 1.13 bits per heavy atom. The van der Waals surface area contributed by atoms with E-state index in [0.29, 0.717) is 0 Å². The summed E-state index contributed by atoms with van der Waals surface area (Å²) in [7, 11) is -11.9. The maximum Gasteiger partial charge on any atom is 0.368 e. The fourth-order valence-electron chi connectivity index (χ4n) is 0.237. The largest absolute Gasteiger partial charge is 0.368 e. The zero-order valence-corrected chi connectivity index (χ0v) is 9.00. The molecule has 0 atom stereocenters. The molecule has 0 radical (unpaired) electrons. The van der Waals surface area contributed by atoms with Gasteiger partial charge in [0.25, 0.3) is 0 Å². The minimum absolute atomic E-state index is 0.203. The molecule has 0 aromatic carbocycles. The van der Waals surface area contributed by atoms with E-state index in [2.05, 4.69) is 3.63 Å². The van der Waals surface area contributed by atoms with Gasteiger partial charge in [-0.05, 0) is 0 Å². The molecule has 0 N–H and O–H groups in total. The molecule has 0 aromatic heterocycles. The Bertz CT molecular complexity index is 383. The lowest BCUT2D eigenvalue weighted by molar-refractivity contribution is 0.0909. The average Bonchev–Trinajstić information content (AvgIpc) is 1.77. The lowest BCUT2D eigenvalue weighted by Crippen LogP contribution is -2.35. The Labute approximate surface area is 83.3 Å². The van der Waals surface area contributed by atoms with E-state index in [1.807, 2.05) is 0 Å². The Morgan fingerprint density at radius 1 is 0.800 bits per heavy atom. The molecule has 0 heterocycles. The molecule has 0 unspecified atom stereocenters. The number of hydrogen-bond donors (Lipinski definition) is 0. The molecular formula is C4H6F4O5S2. The van der Waals surface area contributed by atoms with E-state index in [0.717, 1.165) is 0 Å². The minimum atomic E-state index is -5.94. The van der Waals surface area contributed by atoms with Crippen molar-refractivity contribution >= 4 is 20.2 Å². The Hall–Kier alpha value is -0.420. The Kier molecular flexibility index (Phi) is 3.46. The van der Waals surface area contributed by atoms with Gasteiger partial charge < -0.3 is 0 Å². The first kappa shape index (κ1) is 14.6. The number of rotatable bonds is 4. The second-order valence-corrected chi connectivity index (χ2v) is 6.39. The number of halogens is 4. The molecule has 15 heavy (non-hydrogen) atoms. The zero-order chi connectivity index (χ0) is 12.7. The molecule has 0 aliphatic carbocycles. The van der Waals surface area contributed by atoms with Gasteiger partial charge in [-0.15, -0.1) is 3.63 Å². The third kappa shape index (κ3) is 3.28. The van der Waals surface area contributed by atoms with Crippen LogP contribution in [0.3, 0.4) is 0 Å². The normalized spacial score (nSPS) is 15.3. The van der Waals surface area contributed by atoms with Crippen molar-refractivity contribution in [3.8, 4) is 0 Å². The van der Waals surface area contributed by atoms with Crippen LogP contribution in [-0.2, 0) is 23.9 Å². The summed E-state index contributed by atoms with van der Waals surface area (Å²) >= 11 is 0. The van der Waals surface area contributed by atoms with Crippen LogP contribution < -0.4 is 0 Å². The molecule has 0 aliphatic rings. The van der Waals surface area contributed by atoms with Crippen LogP contribution in [0.1, 0.15) is 13.8 Å². The van der Waals surface area contributed by atoms with Crippen LogP contribution in [0.5, 0.6) is 0 Å². The molecule has 0 bridgehead atoms. The summed E-state index contributed by atoms with van der Waals surface area (Å²) in [5.74, 6) is 0. The van der Waals surface area contributed by atoms with Crippen molar-refractivity contribution in [2.45, 2.75) is 24.4 Å². The monoisotopic (exact) mass is 274 g/mol. The molecule has 5 nitrogen and oxygen atoms in total. The Morgan fingerprint density at radius 2 is 1.00 bits per heavy atom. The van der Waals surface area contributed by atoms with Crippen molar-refractivity contribution in [2.24, 2.45) is 0 Å². The van der Waals surface area contributed by atoms with Gasteiger partial charge >= 0.3 is 30.7 Å². The van der Waals surface area contributed by atoms with Crippen LogP contribution in [0.15, 0.2) is 0 Å². The summed E-state index contributed by atoms with van der Waals surface area (Å²) in [6, 6.07) is 0. The molecule has 11 heteroatoms. The van der Waals surface area contributed by atoms with Crippen LogP contribution in [0.4, 0.5) is 17.6 Å². The smallest absolute Gasteiger partial charge is 0.192 e. The molecule has 0 fully saturated rings. The second kappa shape index (κ2) is 3.56. The molecule has 0 amide bonds. The van der Waals surface area contributed by atoms with Gasteiger partial charge in [0.15, 0.2) is 0 Å². The summed E-state index contributed by atoms with van der Waals surface area (Å²) in [5.41, 5.74) is 0. The van der Waals surface area contributed by atoms with Gasteiger partial charge in [0, 0.05) is 13.8 Å². The van der Waals surface area contributed by atoms with E-state index in [1.54, 1.807) is 0 Å². The molecular weight excluding hydrogens is 268 g/mol. The van der Waals surface area contributed by atoms with Gasteiger partial charge in [0.2, 0.25) is 0 Å². The van der Waals surface area contributed by atoms with Gasteiger partial charge in [0.1, 0.15) is 0 Å². The van der Waals surface area contributed by atoms with Gasteiger partial charge in [-0.25, -0.2) is 0 Å². The van der Waals surface area contributed by atoms with Crippen LogP contribution in [0.2, 0.25) is 0 Å². The first-order chi connectivity index (χ1) is 6.21. The third-order valence-electron chi connectivity index (χ3n) is 1.06. The zero-order valence-electron chi connectivity index (χ0n) is 7.37. The fraction of sp³-hybridized carbons (Fsp3) is 1.00. The molecule has 0 spiro atoms. The summed E-state index contributed by atoms with van der Waals surface area (Å²) in [6.07, 6.45) is 0. The molecule has 0 aliphatic heterocycles. The van der Waals surface area contributed by atoms with Crippen LogP contribution in [0, 0.1) is 0 Å². The van der Waals surface area contributed by atoms with E-state index >= 15 is 0 Å². The molecule has 0 rings (SSSR count). The lowest BCUT2D eigenvalue weighted by Gasteiger charge is -2.14. The number of alkyl halides is 4.